The van der Waals surface area contributed by atoms with Crippen molar-refractivity contribution in [3.05, 3.63) is 162 Å². The van der Waals surface area contributed by atoms with Gasteiger partial charge in [0.15, 0.2) is 0 Å². The van der Waals surface area contributed by atoms with E-state index < -0.39 is 0 Å². The lowest BCUT2D eigenvalue weighted by molar-refractivity contribution is -0.00518. The first-order valence-corrected chi connectivity index (χ1v) is 21.9. The third-order valence-corrected chi connectivity index (χ3v) is 15.2. The zero-order chi connectivity index (χ0) is 37.4. The monoisotopic (exact) mass is 729 g/mol. The Bertz CT molecular complexity index is 2360. The van der Waals surface area contributed by atoms with Crippen molar-refractivity contribution in [3.63, 3.8) is 0 Å². The van der Waals surface area contributed by atoms with Crippen LogP contribution in [0.1, 0.15) is 113 Å². The Kier molecular flexibility index (Phi) is 8.20. The predicted octanol–water partition coefficient (Wildman–Crippen LogP) is 15.3. The van der Waals surface area contributed by atoms with Crippen LogP contribution in [0, 0.1) is 17.8 Å². The van der Waals surface area contributed by atoms with Gasteiger partial charge in [0.1, 0.15) is 0 Å². The van der Waals surface area contributed by atoms with Gasteiger partial charge >= 0.3 is 0 Å². The molecule has 6 aromatic rings. The van der Waals surface area contributed by atoms with Gasteiger partial charge in [-0.2, -0.15) is 0 Å². The van der Waals surface area contributed by atoms with Crippen LogP contribution in [0.15, 0.2) is 140 Å². The molecule has 0 aromatic heterocycles. The minimum atomic E-state index is -0.142. The zero-order valence-electron chi connectivity index (χ0n) is 33.3. The van der Waals surface area contributed by atoms with Crippen molar-refractivity contribution in [2.75, 3.05) is 4.90 Å². The summed E-state index contributed by atoms with van der Waals surface area (Å²) in [6.45, 7) is 4.86. The molecule has 6 aromatic carbocycles. The van der Waals surface area contributed by atoms with Crippen molar-refractivity contribution in [1.82, 2.24) is 0 Å². The first kappa shape index (κ1) is 34.4. The Morgan fingerprint density at radius 1 is 0.464 bits per heavy atom. The van der Waals surface area contributed by atoms with Crippen LogP contribution in [0.4, 0.5) is 17.1 Å². The van der Waals surface area contributed by atoms with Crippen molar-refractivity contribution in [1.29, 1.82) is 0 Å². The molecule has 56 heavy (non-hydrogen) atoms. The second-order valence-electron chi connectivity index (χ2n) is 19.0. The van der Waals surface area contributed by atoms with E-state index in [0.29, 0.717) is 11.3 Å². The molecule has 0 aliphatic heterocycles. The molecule has 5 saturated carbocycles. The van der Waals surface area contributed by atoms with Gasteiger partial charge in [-0.05, 0) is 179 Å². The first-order chi connectivity index (χ1) is 27.4. The molecule has 0 N–H and O–H groups in total. The molecule has 0 heterocycles. The molecule has 4 bridgehead atoms. The topological polar surface area (TPSA) is 3.24 Å². The smallest absolute Gasteiger partial charge is 0.0465 e. The number of rotatable bonds is 7. The summed E-state index contributed by atoms with van der Waals surface area (Å²) in [6, 6.07) is 53.8. The van der Waals surface area contributed by atoms with Crippen molar-refractivity contribution >= 4 is 17.1 Å². The highest BCUT2D eigenvalue weighted by molar-refractivity contribution is 5.90. The van der Waals surface area contributed by atoms with Crippen LogP contribution in [-0.2, 0) is 10.8 Å². The summed E-state index contributed by atoms with van der Waals surface area (Å²) in [5.41, 5.74) is 17.8. The quantitative estimate of drug-likeness (QED) is 0.158. The van der Waals surface area contributed by atoms with Crippen LogP contribution in [0.3, 0.4) is 0 Å². The summed E-state index contributed by atoms with van der Waals surface area (Å²) in [7, 11) is 0. The van der Waals surface area contributed by atoms with Crippen LogP contribution < -0.4 is 4.90 Å². The van der Waals surface area contributed by atoms with E-state index in [1.807, 2.05) is 0 Å². The number of hydrogen-bond acceptors (Lipinski definition) is 1. The number of fused-ring (bicyclic) bond motifs is 3. The Morgan fingerprint density at radius 3 is 1.64 bits per heavy atom. The molecule has 1 nitrogen and oxygen atoms in total. The Morgan fingerprint density at radius 2 is 1.00 bits per heavy atom. The fourth-order valence-electron chi connectivity index (χ4n) is 12.8. The van der Waals surface area contributed by atoms with Gasteiger partial charge in [0.2, 0.25) is 0 Å². The number of anilines is 3. The Balaban J connectivity index is 0.970. The maximum atomic E-state index is 2.54. The lowest BCUT2D eigenvalue weighted by Crippen LogP contribution is -2.48. The molecule has 12 rings (SSSR count). The Hall–Kier alpha value is -4.88. The van der Waals surface area contributed by atoms with E-state index in [0.717, 1.165) is 17.8 Å². The van der Waals surface area contributed by atoms with Crippen LogP contribution in [0.2, 0.25) is 0 Å². The fraction of sp³-hybridized carbons (Fsp3) is 0.345. The summed E-state index contributed by atoms with van der Waals surface area (Å²) >= 11 is 0. The zero-order valence-corrected chi connectivity index (χ0v) is 33.3. The highest BCUT2D eigenvalue weighted by atomic mass is 15.1. The van der Waals surface area contributed by atoms with Gasteiger partial charge in [-0.25, -0.2) is 0 Å². The largest absolute Gasteiger partial charge is 0.310 e. The molecule has 0 spiro atoms. The van der Waals surface area contributed by atoms with Gasteiger partial charge < -0.3 is 4.90 Å². The maximum Gasteiger partial charge on any atom is 0.0465 e. The minimum absolute atomic E-state index is 0.142. The van der Waals surface area contributed by atoms with Crippen molar-refractivity contribution in [2.24, 2.45) is 17.8 Å². The van der Waals surface area contributed by atoms with Gasteiger partial charge in [0, 0.05) is 22.5 Å². The lowest BCUT2D eigenvalue weighted by atomic mass is 9.48. The highest BCUT2D eigenvalue weighted by Gasteiger charge is 2.51. The molecule has 0 atom stereocenters. The molecule has 6 aliphatic rings. The van der Waals surface area contributed by atoms with Gasteiger partial charge in [0.05, 0.1) is 0 Å². The molecule has 6 aliphatic carbocycles. The van der Waals surface area contributed by atoms with E-state index in [-0.39, 0.29) is 5.41 Å². The number of hydrogen-bond donors (Lipinski definition) is 0. The Labute approximate surface area is 334 Å². The average Bonchev–Trinajstić information content (AvgIpc) is 3.46. The van der Waals surface area contributed by atoms with Crippen molar-refractivity contribution in [3.8, 4) is 33.4 Å². The molecule has 0 unspecified atom stereocenters. The van der Waals surface area contributed by atoms with Crippen molar-refractivity contribution < 1.29 is 0 Å². The van der Waals surface area contributed by atoms with E-state index in [2.05, 4.69) is 158 Å². The second-order valence-corrected chi connectivity index (χ2v) is 19.0. The average molecular weight is 730 g/mol. The summed E-state index contributed by atoms with van der Waals surface area (Å²) in [5, 5.41) is 0. The minimum Gasteiger partial charge on any atom is -0.310 e. The standard InChI is InChI=1S/C55H55N/c1-54(2)52-32-43(49-16-10-9-15-48(49)42-13-7-4-8-14-42)19-27-50(52)51-28-26-47(33-53(51)54)56(45-22-17-41(18-23-45)40-11-5-3-6-12-40)46-24-20-44(21-25-46)55-34-37-29-38(35-55)31-39(30-37)36-55/h4,7-10,13-28,32-33,37-40H,3,5-6,11-12,29-31,34-36H2,1-2H3. The first-order valence-electron chi connectivity index (χ1n) is 21.9. The SMILES string of the molecule is CC1(C)c2cc(-c3ccccc3-c3ccccc3)ccc2-c2ccc(N(c3ccc(C4CCCCC4)cc3)c3ccc(C45CC6CC(CC(C6)C4)C5)cc3)cc21. The third kappa shape index (κ3) is 5.71. The molecule has 0 radical (unpaired) electrons. The summed E-state index contributed by atoms with van der Waals surface area (Å²) in [6.07, 6.45) is 15.5. The molecule has 280 valence electrons. The second kappa shape index (κ2) is 13.4. The predicted molar refractivity (Wildman–Crippen MR) is 235 cm³/mol. The molecular formula is C55H55N. The van der Waals surface area contributed by atoms with Crippen molar-refractivity contribution in [2.45, 2.75) is 101 Å². The normalized spacial score (nSPS) is 24.5. The van der Waals surface area contributed by atoms with E-state index in [1.54, 1.807) is 5.56 Å². The molecule has 1 heteroatoms. The van der Waals surface area contributed by atoms with E-state index in [1.165, 1.54) is 138 Å². The molecular weight excluding hydrogens is 675 g/mol. The fourth-order valence-corrected chi connectivity index (χ4v) is 12.8. The molecule has 0 saturated heterocycles. The van der Waals surface area contributed by atoms with Gasteiger partial charge in [0.25, 0.3) is 0 Å². The van der Waals surface area contributed by atoms with E-state index in [4.69, 9.17) is 0 Å². The van der Waals surface area contributed by atoms with Crippen LogP contribution in [-0.4, -0.2) is 0 Å². The van der Waals surface area contributed by atoms with Gasteiger partial charge in [-0.3, -0.25) is 0 Å². The van der Waals surface area contributed by atoms with E-state index in [9.17, 15) is 0 Å². The van der Waals surface area contributed by atoms with Gasteiger partial charge in [-0.1, -0.05) is 130 Å². The highest BCUT2D eigenvalue weighted by Crippen LogP contribution is 2.61. The van der Waals surface area contributed by atoms with Gasteiger partial charge in [-0.15, -0.1) is 0 Å². The summed E-state index contributed by atoms with van der Waals surface area (Å²) < 4.78 is 0. The third-order valence-electron chi connectivity index (χ3n) is 15.2. The summed E-state index contributed by atoms with van der Waals surface area (Å²) in [5.74, 6) is 3.56. The van der Waals surface area contributed by atoms with Crippen LogP contribution in [0.25, 0.3) is 33.4 Å². The van der Waals surface area contributed by atoms with Crippen LogP contribution >= 0.6 is 0 Å². The maximum absolute atomic E-state index is 2.54. The van der Waals surface area contributed by atoms with E-state index >= 15 is 0 Å². The summed E-state index contributed by atoms with van der Waals surface area (Å²) in [4.78, 5) is 2.54. The lowest BCUT2D eigenvalue weighted by Gasteiger charge is -2.57. The number of benzene rings is 6. The molecule has 0 amide bonds. The number of nitrogens with zero attached hydrogens (tertiary/aromatic N) is 1. The molecule has 5 fully saturated rings. The van der Waals surface area contributed by atoms with Crippen LogP contribution in [0.5, 0.6) is 0 Å².